The molecule has 0 heterocycles. The second-order valence-corrected chi connectivity index (χ2v) is 8.21. The molecule has 1 unspecified atom stereocenters. The molecule has 0 spiro atoms. The smallest absolute Gasteiger partial charge is 0.427 e. The van der Waals surface area contributed by atoms with Crippen molar-refractivity contribution in [2.24, 2.45) is 17.6 Å². The summed E-state index contributed by atoms with van der Waals surface area (Å²) in [6.07, 6.45) is 8.45. The first-order valence-corrected chi connectivity index (χ1v) is 10.8. The third kappa shape index (κ3) is 8.25. The Kier molecular flexibility index (Phi) is 10.5. The number of carbonyl (C=O) groups excluding carboxylic acids is 2. The standard InChI is InChI=1S/C23H32BNO2.CO2/c25-23(11-4-5-14-24(26)27)22-16-19(17-22)13-12-18-7-6-10-21(15-18)20-8-2-1-3-9-20;2-1-3/h1-3,6-10,15,19,22-23,26-27H,4-5,11-14,16-17,25H2;. The zero-order valence-electron chi connectivity index (χ0n) is 17.5. The minimum Gasteiger partial charge on any atom is -0.427 e. The molecule has 1 fully saturated rings. The molecule has 4 N–H and O–H groups in total. The van der Waals surface area contributed by atoms with Gasteiger partial charge in [-0.1, -0.05) is 67.4 Å². The lowest BCUT2D eigenvalue weighted by atomic mass is 9.68. The predicted octanol–water partition coefficient (Wildman–Crippen LogP) is 3.70. The fraction of sp³-hybridized carbons (Fsp3) is 0.458. The van der Waals surface area contributed by atoms with E-state index in [0.29, 0.717) is 12.2 Å². The van der Waals surface area contributed by atoms with Gasteiger partial charge in [-0.25, -0.2) is 0 Å². The van der Waals surface area contributed by atoms with E-state index in [1.54, 1.807) is 0 Å². The topological polar surface area (TPSA) is 101 Å². The maximum atomic E-state index is 8.88. The minimum atomic E-state index is -1.17. The summed E-state index contributed by atoms with van der Waals surface area (Å²) in [4.78, 5) is 16.2. The lowest BCUT2D eigenvalue weighted by Gasteiger charge is -2.39. The summed E-state index contributed by atoms with van der Waals surface area (Å²) < 4.78 is 0. The van der Waals surface area contributed by atoms with Gasteiger partial charge in [0.15, 0.2) is 0 Å². The van der Waals surface area contributed by atoms with Crippen molar-refractivity contribution in [2.75, 3.05) is 0 Å². The molecule has 1 saturated carbocycles. The highest BCUT2D eigenvalue weighted by atomic mass is 16.4. The van der Waals surface area contributed by atoms with Crippen molar-refractivity contribution in [3.05, 3.63) is 60.2 Å². The molecule has 1 aliphatic carbocycles. The molecular formula is C24H32BNO4. The Morgan fingerprint density at radius 3 is 2.33 bits per heavy atom. The molecule has 0 radical (unpaired) electrons. The van der Waals surface area contributed by atoms with Crippen molar-refractivity contribution >= 4 is 13.3 Å². The van der Waals surface area contributed by atoms with Crippen LogP contribution in [0.1, 0.15) is 44.1 Å². The Hall–Kier alpha value is -2.24. The summed E-state index contributed by atoms with van der Waals surface area (Å²) in [5.41, 5.74) is 10.3. The van der Waals surface area contributed by atoms with Gasteiger partial charge < -0.3 is 15.8 Å². The molecule has 3 rings (SSSR count). The molecule has 30 heavy (non-hydrogen) atoms. The molecule has 0 amide bonds. The van der Waals surface area contributed by atoms with Crippen LogP contribution >= 0.6 is 0 Å². The highest BCUT2D eigenvalue weighted by molar-refractivity contribution is 6.40. The van der Waals surface area contributed by atoms with E-state index < -0.39 is 7.12 Å². The molecule has 1 atom stereocenters. The highest BCUT2D eigenvalue weighted by Crippen LogP contribution is 2.39. The number of hydrogen-bond donors (Lipinski definition) is 3. The van der Waals surface area contributed by atoms with E-state index in [2.05, 4.69) is 54.6 Å². The Bertz CT molecular complexity index is 772. The largest absolute Gasteiger partial charge is 0.451 e. The molecule has 0 saturated heterocycles. The van der Waals surface area contributed by atoms with E-state index in [1.165, 1.54) is 36.0 Å². The number of hydrogen-bond acceptors (Lipinski definition) is 5. The Balaban J connectivity index is 0.00000101. The number of rotatable bonds is 10. The van der Waals surface area contributed by atoms with Crippen LogP contribution in [0.4, 0.5) is 0 Å². The van der Waals surface area contributed by atoms with Crippen LogP contribution in [-0.4, -0.2) is 29.4 Å². The zero-order chi connectivity index (χ0) is 21.8. The Labute approximate surface area is 179 Å². The van der Waals surface area contributed by atoms with Gasteiger partial charge >= 0.3 is 13.3 Å². The van der Waals surface area contributed by atoms with Gasteiger partial charge in [-0.2, -0.15) is 9.59 Å². The number of nitrogens with two attached hydrogens (primary N) is 1. The third-order valence-electron chi connectivity index (χ3n) is 6.00. The van der Waals surface area contributed by atoms with E-state index in [9.17, 15) is 0 Å². The van der Waals surface area contributed by atoms with Crippen LogP contribution in [0.25, 0.3) is 11.1 Å². The molecule has 2 aromatic rings. The van der Waals surface area contributed by atoms with Crippen molar-refractivity contribution in [3.8, 4) is 11.1 Å². The van der Waals surface area contributed by atoms with Crippen molar-refractivity contribution < 1.29 is 19.6 Å². The van der Waals surface area contributed by atoms with Crippen LogP contribution in [0, 0.1) is 11.8 Å². The van der Waals surface area contributed by atoms with Crippen molar-refractivity contribution in [2.45, 2.75) is 57.3 Å². The minimum absolute atomic E-state index is 0.250. The van der Waals surface area contributed by atoms with Crippen molar-refractivity contribution in [1.82, 2.24) is 0 Å². The lowest BCUT2D eigenvalue weighted by Crippen LogP contribution is -2.39. The molecule has 2 aromatic carbocycles. The SMILES string of the molecule is NC(CCCCB(O)O)C1CC(CCc2cccc(-c3ccccc3)c2)C1.O=C=O. The molecular weight excluding hydrogens is 377 g/mol. The predicted molar refractivity (Wildman–Crippen MR) is 118 cm³/mol. The molecule has 0 aromatic heterocycles. The van der Waals surface area contributed by atoms with Crippen LogP contribution in [0.3, 0.4) is 0 Å². The molecule has 0 bridgehead atoms. The highest BCUT2D eigenvalue weighted by Gasteiger charge is 2.32. The van der Waals surface area contributed by atoms with Crippen LogP contribution < -0.4 is 5.73 Å². The monoisotopic (exact) mass is 409 g/mol. The quantitative estimate of drug-likeness (QED) is 0.410. The van der Waals surface area contributed by atoms with Crippen LogP contribution in [-0.2, 0) is 16.0 Å². The number of aryl methyl sites for hydroxylation is 1. The molecule has 160 valence electrons. The van der Waals surface area contributed by atoms with Gasteiger partial charge in [0, 0.05) is 6.04 Å². The van der Waals surface area contributed by atoms with E-state index in [0.717, 1.165) is 31.6 Å². The fourth-order valence-corrected chi connectivity index (χ4v) is 4.22. The molecule has 0 aliphatic heterocycles. The summed E-state index contributed by atoms with van der Waals surface area (Å²) in [5.74, 6) is 1.46. The summed E-state index contributed by atoms with van der Waals surface area (Å²) in [5, 5.41) is 17.8. The molecule has 5 nitrogen and oxygen atoms in total. The van der Waals surface area contributed by atoms with E-state index in [4.69, 9.17) is 25.4 Å². The van der Waals surface area contributed by atoms with Gasteiger partial charge in [-0.05, 0) is 67.0 Å². The first kappa shape index (κ1) is 24.0. The second kappa shape index (κ2) is 13.1. The van der Waals surface area contributed by atoms with Crippen molar-refractivity contribution in [3.63, 3.8) is 0 Å². The van der Waals surface area contributed by atoms with Gasteiger partial charge in [-0.15, -0.1) is 0 Å². The van der Waals surface area contributed by atoms with Crippen LogP contribution in [0.15, 0.2) is 54.6 Å². The zero-order valence-corrected chi connectivity index (χ0v) is 17.5. The van der Waals surface area contributed by atoms with Gasteiger partial charge in [-0.3, -0.25) is 0 Å². The lowest BCUT2D eigenvalue weighted by molar-refractivity contribution is -0.191. The van der Waals surface area contributed by atoms with E-state index in [-0.39, 0.29) is 12.2 Å². The Morgan fingerprint density at radius 2 is 1.67 bits per heavy atom. The Morgan fingerprint density at radius 1 is 1.00 bits per heavy atom. The molecule has 1 aliphatic rings. The first-order valence-electron chi connectivity index (χ1n) is 10.8. The summed E-state index contributed by atoms with van der Waals surface area (Å²) in [6.45, 7) is 0. The van der Waals surface area contributed by atoms with Crippen LogP contribution in [0.5, 0.6) is 0 Å². The second-order valence-electron chi connectivity index (χ2n) is 8.21. The maximum Gasteiger partial charge on any atom is 0.451 e. The van der Waals surface area contributed by atoms with Gasteiger partial charge in [0.2, 0.25) is 0 Å². The van der Waals surface area contributed by atoms with Gasteiger partial charge in [0.05, 0.1) is 0 Å². The average Bonchev–Trinajstić information content (AvgIpc) is 2.71. The normalized spacial score (nSPS) is 18.4. The van der Waals surface area contributed by atoms with E-state index in [1.807, 2.05) is 0 Å². The third-order valence-corrected chi connectivity index (χ3v) is 6.00. The maximum absolute atomic E-state index is 8.88. The van der Waals surface area contributed by atoms with Crippen LogP contribution in [0.2, 0.25) is 6.32 Å². The summed E-state index contributed by atoms with van der Waals surface area (Å²) in [7, 11) is -1.17. The summed E-state index contributed by atoms with van der Waals surface area (Å²) in [6, 6.07) is 19.8. The average molecular weight is 409 g/mol. The number of unbranched alkanes of at least 4 members (excludes halogenated alkanes) is 1. The fourth-order valence-electron chi connectivity index (χ4n) is 4.22. The van der Waals surface area contributed by atoms with Gasteiger partial charge in [0.25, 0.3) is 0 Å². The van der Waals surface area contributed by atoms with Crippen molar-refractivity contribution in [1.29, 1.82) is 0 Å². The summed E-state index contributed by atoms with van der Waals surface area (Å²) >= 11 is 0. The van der Waals surface area contributed by atoms with Gasteiger partial charge in [0.1, 0.15) is 0 Å². The molecule has 6 heteroatoms. The number of benzene rings is 2. The van der Waals surface area contributed by atoms with E-state index >= 15 is 0 Å². The first-order chi connectivity index (χ1) is 14.5.